The molecule has 2 heterocycles. The molecule has 3 nitrogen and oxygen atoms in total. The Hall–Kier alpha value is -1.00. The third-order valence-electron chi connectivity index (χ3n) is 4.72. The van der Waals surface area contributed by atoms with Crippen molar-refractivity contribution in [1.29, 1.82) is 0 Å². The van der Waals surface area contributed by atoms with Gasteiger partial charge in [-0.15, -0.1) is 0 Å². The maximum absolute atomic E-state index is 12.8. The number of amides is 1. The Kier molecular flexibility index (Phi) is 4.55. The van der Waals surface area contributed by atoms with Gasteiger partial charge in [0.2, 0.25) is 0 Å². The summed E-state index contributed by atoms with van der Waals surface area (Å²) in [6.45, 7) is 3.64. The molecule has 1 aromatic carbocycles. The van der Waals surface area contributed by atoms with E-state index in [2.05, 4.69) is 37.4 Å². The normalized spacial score (nSPS) is 29.0. The molecule has 1 amide bonds. The van der Waals surface area contributed by atoms with Crippen molar-refractivity contribution >= 4 is 17.7 Å². The number of rotatable bonds is 2. The van der Waals surface area contributed by atoms with Crippen molar-refractivity contribution in [1.82, 2.24) is 4.90 Å². The van der Waals surface area contributed by atoms with Crippen molar-refractivity contribution < 1.29 is 9.53 Å². The fraction of sp³-hybridized carbons (Fsp3) is 0.588. The molecule has 1 saturated heterocycles. The molecule has 0 N–H and O–H groups in total. The standard InChI is InChI=1S/C17H23NO2S/c1-12-15-6-4-3-5-13(15)9-10-18(12)17(19)16-8-7-14(21-2)11-20-16/h3-6,12,14,16H,7-11H2,1-2H3/t12-,14?,16+/m0/s1. The Balaban J connectivity index is 1.69. The topological polar surface area (TPSA) is 29.5 Å². The number of benzene rings is 1. The minimum absolute atomic E-state index is 0.157. The largest absolute Gasteiger partial charge is 0.367 e. The van der Waals surface area contributed by atoms with Gasteiger partial charge < -0.3 is 9.64 Å². The molecule has 1 unspecified atom stereocenters. The van der Waals surface area contributed by atoms with E-state index in [1.807, 2.05) is 16.7 Å². The third-order valence-corrected chi connectivity index (χ3v) is 5.76. The van der Waals surface area contributed by atoms with Crippen LogP contribution in [0.2, 0.25) is 0 Å². The monoisotopic (exact) mass is 305 g/mol. The number of carbonyl (C=O) groups is 1. The average Bonchev–Trinajstić information content (AvgIpc) is 2.55. The number of nitrogens with zero attached hydrogens (tertiary/aromatic N) is 1. The van der Waals surface area contributed by atoms with Crippen molar-refractivity contribution in [2.24, 2.45) is 0 Å². The van der Waals surface area contributed by atoms with Gasteiger partial charge in [0.15, 0.2) is 0 Å². The molecular formula is C17H23NO2S. The van der Waals surface area contributed by atoms with Crippen LogP contribution in [0, 0.1) is 0 Å². The molecule has 0 aliphatic carbocycles. The van der Waals surface area contributed by atoms with Crippen LogP contribution in [0.25, 0.3) is 0 Å². The lowest BCUT2D eigenvalue weighted by Gasteiger charge is -2.38. The highest BCUT2D eigenvalue weighted by Gasteiger charge is 2.34. The van der Waals surface area contributed by atoms with Crippen molar-refractivity contribution in [3.05, 3.63) is 35.4 Å². The maximum atomic E-state index is 12.8. The van der Waals surface area contributed by atoms with E-state index < -0.39 is 0 Å². The maximum Gasteiger partial charge on any atom is 0.252 e. The van der Waals surface area contributed by atoms with E-state index in [1.165, 1.54) is 11.1 Å². The number of ether oxygens (including phenoxy) is 1. The van der Waals surface area contributed by atoms with E-state index in [1.54, 1.807) is 0 Å². The first-order valence-corrected chi connectivity index (χ1v) is 9.02. The van der Waals surface area contributed by atoms with Crippen molar-refractivity contribution in [2.45, 2.75) is 43.6 Å². The summed E-state index contributed by atoms with van der Waals surface area (Å²) in [6, 6.07) is 8.61. The van der Waals surface area contributed by atoms with Crippen LogP contribution in [0.4, 0.5) is 0 Å². The zero-order valence-corrected chi connectivity index (χ0v) is 13.6. The van der Waals surface area contributed by atoms with Crippen LogP contribution < -0.4 is 0 Å². The Morgan fingerprint density at radius 3 is 2.86 bits per heavy atom. The molecule has 0 spiro atoms. The van der Waals surface area contributed by atoms with Crippen molar-refractivity contribution in [3.63, 3.8) is 0 Å². The molecule has 4 heteroatoms. The predicted molar refractivity (Wildman–Crippen MR) is 86.6 cm³/mol. The molecule has 21 heavy (non-hydrogen) atoms. The van der Waals surface area contributed by atoms with E-state index >= 15 is 0 Å². The highest BCUT2D eigenvalue weighted by Crippen LogP contribution is 2.31. The molecule has 3 atom stereocenters. The quantitative estimate of drug-likeness (QED) is 0.841. The fourth-order valence-corrected chi connectivity index (χ4v) is 3.95. The smallest absolute Gasteiger partial charge is 0.252 e. The van der Waals surface area contributed by atoms with Crippen molar-refractivity contribution in [2.75, 3.05) is 19.4 Å². The first-order valence-electron chi connectivity index (χ1n) is 7.73. The highest BCUT2D eigenvalue weighted by molar-refractivity contribution is 7.99. The molecule has 3 rings (SSSR count). The van der Waals surface area contributed by atoms with Gasteiger partial charge in [0.05, 0.1) is 12.6 Å². The summed E-state index contributed by atoms with van der Waals surface area (Å²) >= 11 is 1.84. The van der Waals surface area contributed by atoms with Crippen LogP contribution in [0.15, 0.2) is 24.3 Å². The second-order valence-corrected chi connectivity index (χ2v) is 7.05. The lowest BCUT2D eigenvalue weighted by molar-refractivity contribution is -0.148. The van der Waals surface area contributed by atoms with Crippen LogP contribution >= 0.6 is 11.8 Å². The zero-order valence-electron chi connectivity index (χ0n) is 12.7. The Morgan fingerprint density at radius 2 is 2.14 bits per heavy atom. The average molecular weight is 305 g/mol. The molecule has 0 bridgehead atoms. The van der Waals surface area contributed by atoms with Gasteiger partial charge in [-0.1, -0.05) is 24.3 Å². The second-order valence-electron chi connectivity index (χ2n) is 5.91. The minimum atomic E-state index is -0.235. The first-order chi connectivity index (χ1) is 10.2. The summed E-state index contributed by atoms with van der Waals surface area (Å²) in [5.41, 5.74) is 2.66. The molecule has 0 radical (unpaired) electrons. The van der Waals surface area contributed by atoms with Crippen LogP contribution in [0.3, 0.4) is 0 Å². The summed E-state index contributed by atoms with van der Waals surface area (Å²) in [5.74, 6) is 0.177. The van der Waals surface area contributed by atoms with Crippen LogP contribution in [0.1, 0.15) is 36.9 Å². The van der Waals surface area contributed by atoms with E-state index in [4.69, 9.17) is 4.74 Å². The molecule has 2 aliphatic heterocycles. The van der Waals surface area contributed by atoms with Gasteiger partial charge in [-0.3, -0.25) is 4.79 Å². The molecule has 1 fully saturated rings. The molecular weight excluding hydrogens is 282 g/mol. The number of thioether (sulfide) groups is 1. The lowest BCUT2D eigenvalue weighted by atomic mass is 9.93. The van der Waals surface area contributed by atoms with Gasteiger partial charge in [-0.2, -0.15) is 11.8 Å². The Labute approximate surface area is 131 Å². The summed E-state index contributed by atoms with van der Waals surface area (Å²) in [7, 11) is 0. The number of hydrogen-bond acceptors (Lipinski definition) is 3. The van der Waals surface area contributed by atoms with Crippen LogP contribution in [-0.2, 0) is 16.0 Å². The van der Waals surface area contributed by atoms with E-state index in [9.17, 15) is 4.79 Å². The number of hydrogen-bond donors (Lipinski definition) is 0. The number of carbonyl (C=O) groups excluding carboxylic acids is 1. The molecule has 2 aliphatic rings. The SMILES string of the molecule is CSC1CC[C@H](C(=O)N2CCc3ccccc3[C@@H]2C)OC1. The summed E-state index contributed by atoms with van der Waals surface area (Å²) in [4.78, 5) is 14.8. The van der Waals surface area contributed by atoms with Gasteiger partial charge >= 0.3 is 0 Å². The summed E-state index contributed by atoms with van der Waals surface area (Å²) in [6.07, 6.45) is 4.76. The summed E-state index contributed by atoms with van der Waals surface area (Å²) < 4.78 is 5.82. The van der Waals surface area contributed by atoms with Gasteiger partial charge in [0, 0.05) is 11.8 Å². The van der Waals surface area contributed by atoms with E-state index in [0.29, 0.717) is 11.9 Å². The Bertz CT molecular complexity index is 511. The van der Waals surface area contributed by atoms with E-state index in [0.717, 1.165) is 25.8 Å². The second kappa shape index (κ2) is 6.41. The fourth-order valence-electron chi connectivity index (χ4n) is 3.37. The van der Waals surface area contributed by atoms with Gasteiger partial charge in [0.25, 0.3) is 5.91 Å². The molecule has 0 saturated carbocycles. The predicted octanol–water partition coefficient (Wildman–Crippen LogP) is 3.04. The van der Waals surface area contributed by atoms with E-state index in [-0.39, 0.29) is 18.1 Å². The first kappa shape index (κ1) is 14.9. The zero-order chi connectivity index (χ0) is 14.8. The lowest BCUT2D eigenvalue weighted by Crippen LogP contribution is -2.47. The van der Waals surface area contributed by atoms with Crippen molar-refractivity contribution in [3.8, 4) is 0 Å². The van der Waals surface area contributed by atoms with Crippen LogP contribution in [0.5, 0.6) is 0 Å². The van der Waals surface area contributed by atoms with Crippen LogP contribution in [-0.4, -0.2) is 41.6 Å². The minimum Gasteiger partial charge on any atom is -0.367 e. The highest BCUT2D eigenvalue weighted by atomic mass is 32.2. The molecule has 0 aromatic heterocycles. The molecule has 114 valence electrons. The Morgan fingerprint density at radius 1 is 1.33 bits per heavy atom. The summed E-state index contributed by atoms with van der Waals surface area (Å²) in [5, 5.41) is 0.550. The number of fused-ring (bicyclic) bond motifs is 1. The van der Waals surface area contributed by atoms with Gasteiger partial charge in [-0.25, -0.2) is 0 Å². The third kappa shape index (κ3) is 2.97. The van der Waals surface area contributed by atoms with Gasteiger partial charge in [-0.05, 0) is 43.6 Å². The van der Waals surface area contributed by atoms with Gasteiger partial charge in [0.1, 0.15) is 6.10 Å². The molecule has 1 aromatic rings.